The highest BCUT2D eigenvalue weighted by molar-refractivity contribution is 5.72. The number of cyclic esters (lactones) is 1. The van der Waals surface area contributed by atoms with Crippen LogP contribution in [0.15, 0.2) is 0 Å². The van der Waals surface area contributed by atoms with Crippen LogP contribution in [-0.2, 0) is 14.3 Å². The average Bonchev–Trinajstić information content (AvgIpc) is 3.14. The Kier molecular flexibility index (Phi) is 3.85. The van der Waals surface area contributed by atoms with Gasteiger partial charge in [-0.15, -0.1) is 0 Å². The first-order chi connectivity index (χ1) is 11.7. The normalized spacial score (nSPS) is 55.6. The summed E-state index contributed by atoms with van der Waals surface area (Å²) in [6.45, 7) is 7.69. The number of aliphatic hydroxyl groups is 2. The summed E-state index contributed by atoms with van der Waals surface area (Å²) in [6.07, 6.45) is 4.51. The van der Waals surface area contributed by atoms with Crippen LogP contribution in [0.25, 0.3) is 0 Å². The van der Waals surface area contributed by atoms with Gasteiger partial charge in [0.15, 0.2) is 0 Å². The predicted octanol–water partition coefficient (Wildman–Crippen LogP) is 2.28. The van der Waals surface area contributed by atoms with Gasteiger partial charge in [0.1, 0.15) is 0 Å². The number of aliphatic hydroxyl groups excluding tert-OH is 2. The minimum absolute atomic E-state index is 0.00558. The molecule has 142 valence electrons. The van der Waals surface area contributed by atoms with Crippen LogP contribution in [0.5, 0.6) is 0 Å². The summed E-state index contributed by atoms with van der Waals surface area (Å²) >= 11 is 0. The first kappa shape index (κ1) is 17.7. The smallest absolute Gasteiger partial charge is 0.306 e. The molecule has 2 spiro atoms. The number of esters is 1. The molecule has 5 nitrogen and oxygen atoms in total. The van der Waals surface area contributed by atoms with Crippen LogP contribution in [0, 0.1) is 28.1 Å². The molecule has 7 atom stereocenters. The van der Waals surface area contributed by atoms with Crippen molar-refractivity contribution in [3.63, 3.8) is 0 Å². The van der Waals surface area contributed by atoms with E-state index < -0.39 is 11.5 Å². The molecule has 2 N–H and O–H groups in total. The van der Waals surface area contributed by atoms with Gasteiger partial charge < -0.3 is 19.7 Å². The van der Waals surface area contributed by atoms with Crippen LogP contribution in [0.3, 0.4) is 0 Å². The van der Waals surface area contributed by atoms with E-state index in [4.69, 9.17) is 9.47 Å². The summed E-state index contributed by atoms with van der Waals surface area (Å²) in [5.41, 5.74) is -1.06. The topological polar surface area (TPSA) is 76.0 Å². The summed E-state index contributed by atoms with van der Waals surface area (Å²) in [5, 5.41) is 20.8. The van der Waals surface area contributed by atoms with Crippen LogP contribution < -0.4 is 0 Å². The molecular formula is C20H32O5. The zero-order valence-electron chi connectivity index (χ0n) is 15.7. The molecular weight excluding hydrogens is 320 g/mol. The van der Waals surface area contributed by atoms with Crippen LogP contribution >= 0.6 is 0 Å². The molecule has 0 amide bonds. The Labute approximate surface area is 150 Å². The molecule has 0 unspecified atom stereocenters. The Morgan fingerprint density at radius 2 is 1.96 bits per heavy atom. The van der Waals surface area contributed by atoms with Crippen LogP contribution in [0.1, 0.15) is 59.3 Å². The maximum absolute atomic E-state index is 11.8. The Bertz CT molecular complexity index is 578. The summed E-state index contributed by atoms with van der Waals surface area (Å²) in [6, 6.07) is 0. The molecule has 4 fully saturated rings. The third kappa shape index (κ3) is 2.15. The Hall–Kier alpha value is -0.650. The molecule has 2 aliphatic heterocycles. The highest BCUT2D eigenvalue weighted by Crippen LogP contribution is 2.68. The van der Waals surface area contributed by atoms with E-state index in [9.17, 15) is 15.0 Å². The average molecular weight is 352 g/mol. The highest BCUT2D eigenvalue weighted by Gasteiger charge is 2.69. The third-order valence-corrected chi connectivity index (χ3v) is 8.59. The maximum atomic E-state index is 11.8. The lowest BCUT2D eigenvalue weighted by Gasteiger charge is -2.64. The fraction of sp³-hybridized carbons (Fsp3) is 0.950. The monoisotopic (exact) mass is 352 g/mol. The summed E-state index contributed by atoms with van der Waals surface area (Å²) < 4.78 is 11.9. The van der Waals surface area contributed by atoms with E-state index in [0.29, 0.717) is 32.0 Å². The van der Waals surface area contributed by atoms with Crippen molar-refractivity contribution >= 4 is 5.97 Å². The van der Waals surface area contributed by atoms with Crippen LogP contribution in [-0.4, -0.2) is 47.7 Å². The molecule has 2 heterocycles. The quantitative estimate of drug-likeness (QED) is 0.708. The van der Waals surface area contributed by atoms with Crippen molar-refractivity contribution in [1.29, 1.82) is 0 Å². The van der Waals surface area contributed by atoms with Crippen molar-refractivity contribution in [3.8, 4) is 0 Å². The highest BCUT2D eigenvalue weighted by atomic mass is 16.6. The van der Waals surface area contributed by atoms with E-state index in [2.05, 4.69) is 13.8 Å². The van der Waals surface area contributed by atoms with Gasteiger partial charge in [-0.25, -0.2) is 0 Å². The summed E-state index contributed by atoms with van der Waals surface area (Å²) in [7, 11) is 0. The van der Waals surface area contributed by atoms with Crippen molar-refractivity contribution < 1.29 is 24.5 Å². The zero-order chi connectivity index (χ0) is 18.1. The van der Waals surface area contributed by atoms with E-state index in [1.54, 1.807) is 0 Å². The van der Waals surface area contributed by atoms with E-state index in [1.807, 2.05) is 6.92 Å². The lowest BCUT2D eigenvalue weighted by atomic mass is 9.43. The van der Waals surface area contributed by atoms with Crippen molar-refractivity contribution in [2.75, 3.05) is 19.8 Å². The van der Waals surface area contributed by atoms with Crippen LogP contribution in [0.2, 0.25) is 0 Å². The number of fused-ring (bicyclic) bond motifs is 2. The molecule has 4 aliphatic rings. The Morgan fingerprint density at radius 1 is 1.20 bits per heavy atom. The number of ether oxygens (including phenoxy) is 2. The lowest BCUT2D eigenvalue weighted by Crippen LogP contribution is -2.66. The van der Waals surface area contributed by atoms with Crippen LogP contribution in [0.4, 0.5) is 0 Å². The fourth-order valence-corrected chi connectivity index (χ4v) is 6.96. The van der Waals surface area contributed by atoms with Crippen molar-refractivity contribution in [1.82, 2.24) is 0 Å². The lowest BCUT2D eigenvalue weighted by molar-refractivity contribution is -0.242. The molecule has 0 aromatic rings. The SMILES string of the molecule is C[C@H]1CC[C@@H]2[C@@](C)(CO)[C@H](O)CC[C@]2(C)[C@]12C[C@@]1(COC(=O)C1)CO2. The second kappa shape index (κ2) is 5.43. The van der Waals surface area contributed by atoms with E-state index >= 15 is 0 Å². The molecule has 0 bridgehead atoms. The second-order valence-electron chi connectivity index (χ2n) is 9.86. The number of rotatable bonds is 1. The van der Waals surface area contributed by atoms with Gasteiger partial charge in [-0.3, -0.25) is 4.79 Å². The molecule has 0 radical (unpaired) electrons. The number of hydrogen-bond acceptors (Lipinski definition) is 5. The minimum atomic E-state index is -0.485. The van der Waals surface area contributed by atoms with Gasteiger partial charge in [-0.2, -0.15) is 0 Å². The maximum Gasteiger partial charge on any atom is 0.306 e. The molecule has 0 aromatic carbocycles. The minimum Gasteiger partial charge on any atom is -0.465 e. The van der Waals surface area contributed by atoms with Gasteiger partial charge in [-0.1, -0.05) is 20.8 Å². The summed E-state index contributed by atoms with van der Waals surface area (Å²) in [5.74, 6) is 0.519. The van der Waals surface area contributed by atoms with Gasteiger partial charge in [0.05, 0.1) is 37.9 Å². The Morgan fingerprint density at radius 3 is 2.60 bits per heavy atom. The van der Waals surface area contributed by atoms with Gasteiger partial charge in [-0.05, 0) is 43.9 Å². The molecule has 4 rings (SSSR count). The molecule has 2 saturated carbocycles. The van der Waals surface area contributed by atoms with Gasteiger partial charge in [0.25, 0.3) is 0 Å². The number of hydrogen-bond donors (Lipinski definition) is 2. The van der Waals surface area contributed by atoms with Gasteiger partial charge in [0.2, 0.25) is 0 Å². The summed E-state index contributed by atoms with van der Waals surface area (Å²) in [4.78, 5) is 11.8. The molecule has 25 heavy (non-hydrogen) atoms. The first-order valence-electron chi connectivity index (χ1n) is 9.80. The molecule has 2 saturated heterocycles. The first-order valence-corrected chi connectivity index (χ1v) is 9.80. The van der Waals surface area contributed by atoms with Crippen molar-refractivity contribution in [2.45, 2.75) is 71.0 Å². The number of carbonyl (C=O) groups excluding carboxylic acids is 1. The van der Waals surface area contributed by atoms with Crippen molar-refractivity contribution in [3.05, 3.63) is 0 Å². The zero-order valence-corrected chi connectivity index (χ0v) is 15.7. The predicted molar refractivity (Wildman–Crippen MR) is 91.7 cm³/mol. The standard InChI is InChI=1S/C20H32O5/c1-13-4-5-14-17(2,10-21)15(22)6-7-18(14,3)20(13)9-19(12-25-20)8-16(23)24-11-19/h13-15,21-22H,4-12H2,1-3H3/t13-,14+,15+,17+,18-,19-,20-/m0/s1. The van der Waals surface area contributed by atoms with E-state index in [-0.39, 0.29) is 34.9 Å². The van der Waals surface area contributed by atoms with E-state index in [0.717, 1.165) is 25.7 Å². The fourth-order valence-electron chi connectivity index (χ4n) is 6.96. The second-order valence-corrected chi connectivity index (χ2v) is 9.86. The molecule has 2 aliphatic carbocycles. The van der Waals surface area contributed by atoms with Gasteiger partial charge >= 0.3 is 5.97 Å². The number of carbonyl (C=O) groups is 1. The van der Waals surface area contributed by atoms with Crippen molar-refractivity contribution in [2.24, 2.45) is 28.1 Å². The largest absolute Gasteiger partial charge is 0.465 e. The molecule has 5 heteroatoms. The third-order valence-electron chi connectivity index (χ3n) is 8.59. The van der Waals surface area contributed by atoms with E-state index in [1.165, 1.54) is 0 Å². The molecule has 0 aromatic heterocycles. The Balaban J connectivity index is 1.74. The van der Waals surface area contributed by atoms with Gasteiger partial charge in [0, 0.05) is 16.2 Å².